The molecule has 1 saturated heterocycles. The van der Waals surface area contributed by atoms with Gasteiger partial charge in [-0.15, -0.1) is 11.6 Å². The van der Waals surface area contributed by atoms with E-state index in [1.54, 1.807) is 0 Å². The normalized spacial score (nSPS) is 19.2. The lowest BCUT2D eigenvalue weighted by atomic mass is 9.99. The quantitative estimate of drug-likeness (QED) is 0.802. The molecule has 0 spiro atoms. The standard InChI is InChI=1S/C17H24ClN3/c1-12-6-8-21(9-7-12)11-15(18)14-4-5-17-16(10-14)19-13(2)20(17)3/h4-5,10,12,15H,6-9,11H2,1-3H3. The Hall–Kier alpha value is -1.06. The van der Waals surface area contributed by atoms with Gasteiger partial charge in [0, 0.05) is 13.6 Å². The van der Waals surface area contributed by atoms with Gasteiger partial charge in [0.15, 0.2) is 0 Å². The lowest BCUT2D eigenvalue weighted by molar-refractivity contribution is 0.192. The second-order valence-corrected chi connectivity index (χ2v) is 6.94. The van der Waals surface area contributed by atoms with Crippen LogP contribution in [0.1, 0.15) is 36.5 Å². The van der Waals surface area contributed by atoms with Crippen molar-refractivity contribution in [2.75, 3.05) is 19.6 Å². The van der Waals surface area contributed by atoms with Gasteiger partial charge in [-0.1, -0.05) is 13.0 Å². The predicted molar refractivity (Wildman–Crippen MR) is 88.9 cm³/mol. The third-order valence-electron chi connectivity index (χ3n) is 4.78. The first-order valence-corrected chi connectivity index (χ1v) is 8.27. The first kappa shape index (κ1) is 14.9. The molecule has 0 radical (unpaired) electrons. The van der Waals surface area contributed by atoms with Crippen LogP contribution in [-0.4, -0.2) is 34.1 Å². The van der Waals surface area contributed by atoms with Gasteiger partial charge >= 0.3 is 0 Å². The van der Waals surface area contributed by atoms with Crippen molar-refractivity contribution >= 4 is 22.6 Å². The summed E-state index contributed by atoms with van der Waals surface area (Å²) in [6.45, 7) is 7.66. The zero-order valence-corrected chi connectivity index (χ0v) is 13.9. The molecule has 0 aliphatic carbocycles. The number of fused-ring (bicyclic) bond motifs is 1. The third-order valence-corrected chi connectivity index (χ3v) is 5.17. The van der Waals surface area contributed by atoms with E-state index in [9.17, 15) is 0 Å². The Kier molecular flexibility index (Phi) is 4.23. The number of benzene rings is 1. The minimum atomic E-state index is 0.0464. The fourth-order valence-corrected chi connectivity index (χ4v) is 3.44. The molecule has 4 heteroatoms. The van der Waals surface area contributed by atoms with Crippen LogP contribution in [0.2, 0.25) is 0 Å². The number of alkyl halides is 1. The monoisotopic (exact) mass is 305 g/mol. The zero-order valence-electron chi connectivity index (χ0n) is 13.1. The second-order valence-electron chi connectivity index (χ2n) is 6.42. The van der Waals surface area contributed by atoms with Crippen molar-refractivity contribution in [2.45, 2.75) is 32.1 Å². The highest BCUT2D eigenvalue weighted by atomic mass is 35.5. The van der Waals surface area contributed by atoms with E-state index in [1.807, 2.05) is 6.92 Å². The van der Waals surface area contributed by atoms with Crippen LogP contribution in [0.25, 0.3) is 11.0 Å². The average molecular weight is 306 g/mol. The molecule has 114 valence electrons. The summed E-state index contributed by atoms with van der Waals surface area (Å²) in [6, 6.07) is 6.43. The summed E-state index contributed by atoms with van der Waals surface area (Å²) in [5, 5.41) is 0.0464. The molecule has 3 rings (SSSR count). The fraction of sp³-hybridized carbons (Fsp3) is 0.588. The number of nitrogens with zero attached hydrogens (tertiary/aromatic N) is 3. The van der Waals surface area contributed by atoms with Crippen molar-refractivity contribution in [3.63, 3.8) is 0 Å². The third kappa shape index (κ3) is 3.09. The number of halogens is 1. The van der Waals surface area contributed by atoms with Crippen molar-refractivity contribution in [1.82, 2.24) is 14.5 Å². The number of aromatic nitrogens is 2. The van der Waals surface area contributed by atoms with Crippen LogP contribution in [0.5, 0.6) is 0 Å². The number of likely N-dealkylation sites (tertiary alicyclic amines) is 1. The van der Waals surface area contributed by atoms with Crippen LogP contribution in [-0.2, 0) is 7.05 Å². The number of aryl methyl sites for hydroxylation is 2. The molecular formula is C17H24ClN3. The van der Waals surface area contributed by atoms with Crippen LogP contribution in [0.4, 0.5) is 0 Å². The molecule has 1 unspecified atom stereocenters. The molecule has 0 bridgehead atoms. The lowest BCUT2D eigenvalue weighted by Crippen LogP contribution is -2.35. The number of hydrogen-bond donors (Lipinski definition) is 0. The number of hydrogen-bond acceptors (Lipinski definition) is 2. The van der Waals surface area contributed by atoms with Crippen molar-refractivity contribution in [3.05, 3.63) is 29.6 Å². The average Bonchev–Trinajstić information content (AvgIpc) is 2.76. The van der Waals surface area contributed by atoms with Gasteiger partial charge in [0.05, 0.1) is 16.4 Å². The van der Waals surface area contributed by atoms with Crippen molar-refractivity contribution in [3.8, 4) is 0 Å². The first-order chi connectivity index (χ1) is 10.0. The summed E-state index contributed by atoms with van der Waals surface area (Å²) in [7, 11) is 2.05. The number of piperidine rings is 1. The molecule has 1 aromatic carbocycles. The highest BCUT2D eigenvalue weighted by Gasteiger charge is 2.19. The number of rotatable bonds is 3. The molecule has 2 heterocycles. The van der Waals surface area contributed by atoms with Gasteiger partial charge < -0.3 is 9.47 Å². The molecule has 2 aromatic rings. The Labute approximate surface area is 131 Å². The second kappa shape index (κ2) is 5.98. The Morgan fingerprint density at radius 2 is 2.05 bits per heavy atom. The van der Waals surface area contributed by atoms with E-state index in [2.05, 4.69) is 46.6 Å². The van der Waals surface area contributed by atoms with E-state index >= 15 is 0 Å². The van der Waals surface area contributed by atoms with E-state index in [0.717, 1.165) is 23.8 Å². The topological polar surface area (TPSA) is 21.1 Å². The molecule has 3 nitrogen and oxygen atoms in total. The summed E-state index contributed by atoms with van der Waals surface area (Å²) in [4.78, 5) is 7.09. The van der Waals surface area contributed by atoms with Gasteiger partial charge in [-0.05, 0) is 56.5 Å². The lowest BCUT2D eigenvalue weighted by Gasteiger charge is -2.31. The van der Waals surface area contributed by atoms with Crippen molar-refractivity contribution in [1.29, 1.82) is 0 Å². The SMILES string of the molecule is Cc1nc2cc(C(Cl)CN3CCC(C)CC3)ccc2n1C. The van der Waals surface area contributed by atoms with E-state index in [0.29, 0.717) is 0 Å². The van der Waals surface area contributed by atoms with Crippen molar-refractivity contribution < 1.29 is 0 Å². The molecule has 1 aliphatic heterocycles. The van der Waals surface area contributed by atoms with E-state index in [4.69, 9.17) is 11.6 Å². The molecule has 0 amide bonds. The van der Waals surface area contributed by atoms with Gasteiger partial charge in [-0.3, -0.25) is 0 Å². The Morgan fingerprint density at radius 3 is 2.76 bits per heavy atom. The maximum atomic E-state index is 6.65. The summed E-state index contributed by atoms with van der Waals surface area (Å²) >= 11 is 6.65. The molecular weight excluding hydrogens is 282 g/mol. The molecule has 0 saturated carbocycles. The summed E-state index contributed by atoms with van der Waals surface area (Å²) < 4.78 is 2.12. The van der Waals surface area contributed by atoms with E-state index in [-0.39, 0.29) is 5.38 Å². The van der Waals surface area contributed by atoms with E-state index < -0.39 is 0 Å². The van der Waals surface area contributed by atoms with Crippen LogP contribution in [0, 0.1) is 12.8 Å². The summed E-state index contributed by atoms with van der Waals surface area (Å²) in [6.07, 6.45) is 2.59. The molecule has 1 fully saturated rings. The smallest absolute Gasteiger partial charge is 0.106 e. The van der Waals surface area contributed by atoms with Crippen molar-refractivity contribution in [2.24, 2.45) is 13.0 Å². The van der Waals surface area contributed by atoms with Gasteiger partial charge in [0.25, 0.3) is 0 Å². The molecule has 1 aliphatic rings. The maximum Gasteiger partial charge on any atom is 0.106 e. The van der Waals surface area contributed by atoms with Gasteiger partial charge in [-0.25, -0.2) is 4.98 Å². The zero-order chi connectivity index (χ0) is 15.0. The fourth-order valence-electron chi connectivity index (χ4n) is 3.11. The first-order valence-electron chi connectivity index (χ1n) is 7.84. The largest absolute Gasteiger partial charge is 0.331 e. The Morgan fingerprint density at radius 1 is 1.33 bits per heavy atom. The highest BCUT2D eigenvalue weighted by molar-refractivity contribution is 6.21. The molecule has 21 heavy (non-hydrogen) atoms. The molecule has 1 atom stereocenters. The van der Waals surface area contributed by atoms with Crippen LogP contribution >= 0.6 is 11.6 Å². The summed E-state index contributed by atoms with van der Waals surface area (Å²) in [5.74, 6) is 1.90. The van der Waals surface area contributed by atoms with Gasteiger partial charge in [-0.2, -0.15) is 0 Å². The molecule has 0 N–H and O–H groups in total. The number of imidazole rings is 1. The van der Waals surface area contributed by atoms with Crippen LogP contribution in [0.3, 0.4) is 0 Å². The maximum absolute atomic E-state index is 6.65. The van der Waals surface area contributed by atoms with Crippen LogP contribution in [0.15, 0.2) is 18.2 Å². The summed E-state index contributed by atoms with van der Waals surface area (Å²) in [5.41, 5.74) is 3.40. The van der Waals surface area contributed by atoms with Gasteiger partial charge in [0.2, 0.25) is 0 Å². The Balaban J connectivity index is 1.73. The Bertz CT molecular complexity index is 626. The van der Waals surface area contributed by atoms with E-state index in [1.165, 1.54) is 37.0 Å². The highest BCUT2D eigenvalue weighted by Crippen LogP contribution is 2.27. The minimum Gasteiger partial charge on any atom is -0.331 e. The minimum absolute atomic E-state index is 0.0464. The van der Waals surface area contributed by atoms with Crippen LogP contribution < -0.4 is 0 Å². The predicted octanol–water partition coefficient (Wildman–Crippen LogP) is 3.89. The molecule has 1 aromatic heterocycles. The van der Waals surface area contributed by atoms with Gasteiger partial charge in [0.1, 0.15) is 5.82 Å².